The highest BCUT2D eigenvalue weighted by atomic mass is 16.5. The number of aromatic nitrogens is 3. The van der Waals surface area contributed by atoms with E-state index in [2.05, 4.69) is 44.7 Å². The van der Waals surface area contributed by atoms with Crippen LogP contribution < -0.4 is 10.1 Å². The van der Waals surface area contributed by atoms with Crippen LogP contribution in [0.3, 0.4) is 0 Å². The zero-order valence-electron chi connectivity index (χ0n) is 17.0. The van der Waals surface area contributed by atoms with Crippen LogP contribution in [0.4, 0.5) is 11.5 Å². The van der Waals surface area contributed by atoms with Crippen molar-refractivity contribution in [3.8, 4) is 5.75 Å². The Bertz CT molecular complexity index is 1150. The Balaban J connectivity index is 1.35. The van der Waals surface area contributed by atoms with Crippen LogP contribution >= 0.6 is 0 Å². The minimum Gasteiger partial charge on any atom is -0.497 e. The Morgan fingerprint density at radius 3 is 2.73 bits per heavy atom. The number of morpholine rings is 1. The van der Waals surface area contributed by atoms with E-state index < -0.39 is 0 Å². The molecular formula is C23H25N5O2. The molecule has 0 bridgehead atoms. The van der Waals surface area contributed by atoms with Crippen LogP contribution in [0.1, 0.15) is 5.56 Å². The highest BCUT2D eigenvalue weighted by molar-refractivity contribution is 6.09. The lowest BCUT2D eigenvalue weighted by Gasteiger charge is -2.26. The molecule has 2 aromatic heterocycles. The second kappa shape index (κ2) is 8.30. The summed E-state index contributed by atoms with van der Waals surface area (Å²) in [5.41, 5.74) is 4.03. The average molecular weight is 403 g/mol. The zero-order valence-corrected chi connectivity index (χ0v) is 17.0. The smallest absolute Gasteiger partial charge is 0.159 e. The van der Waals surface area contributed by atoms with Crippen molar-refractivity contribution in [1.29, 1.82) is 0 Å². The second-order valence-electron chi connectivity index (χ2n) is 7.52. The Hall–Kier alpha value is -3.16. The van der Waals surface area contributed by atoms with Crippen molar-refractivity contribution in [1.82, 2.24) is 20.1 Å². The van der Waals surface area contributed by atoms with Crippen molar-refractivity contribution in [3.05, 3.63) is 54.2 Å². The van der Waals surface area contributed by atoms with Crippen molar-refractivity contribution >= 4 is 33.3 Å². The van der Waals surface area contributed by atoms with E-state index in [1.165, 1.54) is 5.56 Å². The number of nitrogens with one attached hydrogen (secondary N) is 2. The number of ether oxygens (including phenoxy) is 2. The number of methoxy groups -OCH3 is 1. The van der Waals surface area contributed by atoms with Gasteiger partial charge in [0.25, 0.3) is 0 Å². The molecule has 154 valence electrons. The normalized spacial score (nSPS) is 15.0. The number of benzene rings is 2. The third-order valence-corrected chi connectivity index (χ3v) is 5.63. The summed E-state index contributed by atoms with van der Waals surface area (Å²) in [6, 6.07) is 14.5. The fraction of sp³-hybridized carbons (Fsp3) is 0.304. The summed E-state index contributed by atoms with van der Waals surface area (Å²) in [4.78, 5) is 7.25. The van der Waals surface area contributed by atoms with E-state index in [1.807, 2.05) is 24.4 Å². The molecule has 7 nitrogen and oxygen atoms in total. The molecular weight excluding hydrogens is 378 g/mol. The third-order valence-electron chi connectivity index (χ3n) is 5.63. The molecule has 0 spiro atoms. The molecule has 1 aliphatic rings. The minimum atomic E-state index is 0.741. The first-order chi connectivity index (χ1) is 14.8. The quantitative estimate of drug-likeness (QED) is 0.511. The zero-order chi connectivity index (χ0) is 20.3. The molecule has 1 fully saturated rings. The molecule has 0 unspecified atom stereocenters. The molecule has 2 aromatic carbocycles. The van der Waals surface area contributed by atoms with Crippen molar-refractivity contribution in [2.24, 2.45) is 0 Å². The topological polar surface area (TPSA) is 75.3 Å². The molecule has 0 saturated carbocycles. The number of hydrogen-bond acceptors (Lipinski definition) is 6. The number of rotatable bonds is 6. The molecule has 1 saturated heterocycles. The van der Waals surface area contributed by atoms with Crippen molar-refractivity contribution < 1.29 is 9.47 Å². The van der Waals surface area contributed by atoms with Gasteiger partial charge in [-0.2, -0.15) is 5.10 Å². The summed E-state index contributed by atoms with van der Waals surface area (Å²) in [6.07, 6.45) is 2.94. The Morgan fingerprint density at radius 1 is 1.10 bits per heavy atom. The van der Waals surface area contributed by atoms with E-state index in [-0.39, 0.29) is 0 Å². The van der Waals surface area contributed by atoms with Gasteiger partial charge in [0.05, 0.1) is 25.8 Å². The van der Waals surface area contributed by atoms with E-state index in [1.54, 1.807) is 7.11 Å². The summed E-state index contributed by atoms with van der Waals surface area (Å²) in [5.74, 6) is 1.55. The molecule has 2 N–H and O–H groups in total. The number of anilines is 2. The number of nitrogens with zero attached hydrogens (tertiary/aromatic N) is 3. The maximum atomic E-state index is 5.42. The highest BCUT2D eigenvalue weighted by Gasteiger charge is 2.13. The van der Waals surface area contributed by atoms with Gasteiger partial charge in [-0.15, -0.1) is 0 Å². The lowest BCUT2D eigenvalue weighted by atomic mass is 10.1. The molecule has 3 heterocycles. The molecule has 5 rings (SSSR count). The van der Waals surface area contributed by atoms with Crippen LogP contribution in [0.25, 0.3) is 21.8 Å². The molecule has 0 radical (unpaired) electrons. The van der Waals surface area contributed by atoms with Crippen LogP contribution in [0.15, 0.2) is 48.7 Å². The van der Waals surface area contributed by atoms with Crippen LogP contribution in [0.2, 0.25) is 0 Å². The second-order valence-corrected chi connectivity index (χ2v) is 7.52. The summed E-state index contributed by atoms with van der Waals surface area (Å²) >= 11 is 0. The third kappa shape index (κ3) is 3.81. The van der Waals surface area contributed by atoms with E-state index in [0.717, 1.165) is 78.3 Å². The molecule has 1 aliphatic heterocycles. The first kappa shape index (κ1) is 18.8. The van der Waals surface area contributed by atoms with Gasteiger partial charge in [-0.1, -0.05) is 12.1 Å². The van der Waals surface area contributed by atoms with Gasteiger partial charge in [0, 0.05) is 42.3 Å². The molecule has 30 heavy (non-hydrogen) atoms. The average Bonchev–Trinajstić information content (AvgIpc) is 3.30. The fourth-order valence-corrected chi connectivity index (χ4v) is 3.90. The van der Waals surface area contributed by atoms with Crippen molar-refractivity contribution in [2.75, 3.05) is 45.3 Å². The Labute approximate surface area is 175 Å². The maximum Gasteiger partial charge on any atom is 0.159 e. The van der Waals surface area contributed by atoms with Gasteiger partial charge < -0.3 is 14.8 Å². The van der Waals surface area contributed by atoms with Gasteiger partial charge in [0.15, 0.2) is 5.82 Å². The standard InChI is InChI=1S/C23H25N5O2/c1-29-18-6-7-21-19(14-18)20-15-24-27-22(20)23(26-21)25-17-4-2-16(3-5-17)8-9-28-10-12-30-13-11-28/h2-7,14-15H,8-13H2,1H3,(H,24,27)(H,25,26). The van der Waals surface area contributed by atoms with Crippen LogP contribution in [-0.4, -0.2) is 60.0 Å². The van der Waals surface area contributed by atoms with Gasteiger partial charge in [-0.05, 0) is 42.3 Å². The first-order valence-corrected chi connectivity index (χ1v) is 10.3. The van der Waals surface area contributed by atoms with E-state index in [9.17, 15) is 0 Å². The SMILES string of the molecule is COc1ccc2nc(Nc3ccc(CCN4CCOCC4)cc3)c3n[nH]cc3c2c1. The van der Waals surface area contributed by atoms with E-state index in [4.69, 9.17) is 14.5 Å². The Kier molecular flexibility index (Phi) is 5.21. The van der Waals surface area contributed by atoms with Gasteiger partial charge in [0.1, 0.15) is 11.3 Å². The van der Waals surface area contributed by atoms with Crippen LogP contribution in [0.5, 0.6) is 5.75 Å². The lowest BCUT2D eigenvalue weighted by Crippen LogP contribution is -2.37. The predicted octanol–water partition coefficient (Wildman–Crippen LogP) is 3.74. The summed E-state index contributed by atoms with van der Waals surface area (Å²) in [7, 11) is 1.67. The minimum absolute atomic E-state index is 0.741. The molecule has 0 aliphatic carbocycles. The van der Waals surface area contributed by atoms with E-state index in [0.29, 0.717) is 0 Å². The first-order valence-electron chi connectivity index (χ1n) is 10.3. The van der Waals surface area contributed by atoms with Crippen LogP contribution in [-0.2, 0) is 11.2 Å². The summed E-state index contributed by atoms with van der Waals surface area (Å²) < 4.78 is 10.8. The number of hydrogen-bond donors (Lipinski definition) is 2. The van der Waals surface area contributed by atoms with Crippen molar-refractivity contribution in [2.45, 2.75) is 6.42 Å². The molecule has 0 amide bonds. The number of aromatic amines is 1. The van der Waals surface area contributed by atoms with E-state index >= 15 is 0 Å². The van der Waals surface area contributed by atoms with Gasteiger partial charge in [-0.3, -0.25) is 10.00 Å². The monoisotopic (exact) mass is 403 g/mol. The van der Waals surface area contributed by atoms with Crippen molar-refractivity contribution in [3.63, 3.8) is 0 Å². The number of fused-ring (bicyclic) bond motifs is 3. The largest absolute Gasteiger partial charge is 0.497 e. The highest BCUT2D eigenvalue weighted by Crippen LogP contribution is 2.31. The molecule has 4 aromatic rings. The number of pyridine rings is 1. The van der Waals surface area contributed by atoms with Gasteiger partial charge in [0.2, 0.25) is 0 Å². The number of H-pyrrole nitrogens is 1. The lowest BCUT2D eigenvalue weighted by molar-refractivity contribution is 0.0384. The Morgan fingerprint density at radius 2 is 1.93 bits per heavy atom. The van der Waals surface area contributed by atoms with Crippen LogP contribution in [0, 0.1) is 0 Å². The molecule has 0 atom stereocenters. The predicted molar refractivity (Wildman–Crippen MR) is 119 cm³/mol. The fourth-order valence-electron chi connectivity index (χ4n) is 3.90. The summed E-state index contributed by atoms with van der Waals surface area (Å²) in [6.45, 7) is 4.81. The summed E-state index contributed by atoms with van der Waals surface area (Å²) in [5, 5.41) is 12.8. The van der Waals surface area contributed by atoms with Gasteiger partial charge >= 0.3 is 0 Å². The van der Waals surface area contributed by atoms with Gasteiger partial charge in [-0.25, -0.2) is 4.98 Å². The maximum absolute atomic E-state index is 5.42. The molecule has 7 heteroatoms.